The molecular formula is C29H48NO10+. The fourth-order valence-corrected chi connectivity index (χ4v) is 3.99. The molecule has 0 aromatic heterocycles. The number of likely N-dealkylation sites (N-methyl/N-ethyl adjacent to an activating group) is 1. The summed E-state index contributed by atoms with van der Waals surface area (Å²) in [5.41, 5.74) is 0. The maximum atomic E-state index is 12.7. The van der Waals surface area contributed by atoms with Crippen molar-refractivity contribution in [2.45, 2.75) is 110 Å². The van der Waals surface area contributed by atoms with Gasteiger partial charge in [0.25, 0.3) is 0 Å². The average molecular weight is 571 g/mol. The van der Waals surface area contributed by atoms with Crippen LogP contribution in [0.1, 0.15) is 79.1 Å². The number of ether oxygens (including phenoxy) is 6. The van der Waals surface area contributed by atoms with Gasteiger partial charge in [-0.2, -0.15) is 0 Å². The number of nitrogens with zero attached hydrogens (tertiary/aromatic N) is 1. The van der Waals surface area contributed by atoms with Crippen molar-refractivity contribution in [3.63, 3.8) is 0 Å². The Kier molecular flexibility index (Phi) is 16.5. The summed E-state index contributed by atoms with van der Waals surface area (Å²) in [6.45, 7) is 8.17. The van der Waals surface area contributed by atoms with Crippen LogP contribution in [-0.4, -0.2) is 99.5 Å². The number of rotatable bonds is 18. The normalized spacial score (nSPS) is 22.6. The zero-order valence-corrected chi connectivity index (χ0v) is 25.0. The minimum absolute atomic E-state index is 0.0993. The molecule has 1 saturated heterocycles. The Balaban J connectivity index is 3.43. The molecule has 0 bridgehead atoms. The molecule has 0 unspecified atom stereocenters. The number of terminal acetylenes is 1. The van der Waals surface area contributed by atoms with Gasteiger partial charge in [0.15, 0.2) is 24.6 Å². The lowest BCUT2D eigenvalue weighted by atomic mass is 9.97. The number of quaternary nitrogens is 1. The van der Waals surface area contributed by atoms with Crippen molar-refractivity contribution in [3.05, 3.63) is 0 Å². The molecule has 0 radical (unpaired) electrons. The van der Waals surface area contributed by atoms with Crippen LogP contribution in [0.15, 0.2) is 0 Å². The van der Waals surface area contributed by atoms with Crippen molar-refractivity contribution in [3.8, 4) is 12.3 Å². The third-order valence-corrected chi connectivity index (χ3v) is 6.12. The maximum Gasteiger partial charge on any atom is 0.306 e. The van der Waals surface area contributed by atoms with Crippen LogP contribution in [0.4, 0.5) is 0 Å². The molecule has 1 heterocycles. The van der Waals surface area contributed by atoms with Crippen molar-refractivity contribution in [2.24, 2.45) is 0 Å². The Morgan fingerprint density at radius 2 is 1.23 bits per heavy atom. The molecule has 1 aliphatic heterocycles. The lowest BCUT2D eigenvalue weighted by molar-refractivity contribution is -0.883. The second kappa shape index (κ2) is 18.6. The third kappa shape index (κ3) is 12.7. The lowest BCUT2D eigenvalue weighted by Crippen LogP contribution is -2.63. The fraction of sp³-hybridized carbons (Fsp3) is 0.793. The predicted octanol–water partition coefficient (Wildman–Crippen LogP) is 2.92. The molecule has 0 aromatic carbocycles. The summed E-state index contributed by atoms with van der Waals surface area (Å²) < 4.78 is 35.4. The molecule has 0 N–H and O–H groups in total. The summed E-state index contributed by atoms with van der Waals surface area (Å²) in [5, 5.41) is 0. The van der Waals surface area contributed by atoms with Gasteiger partial charge in [-0.3, -0.25) is 19.2 Å². The zero-order valence-electron chi connectivity index (χ0n) is 25.0. The lowest BCUT2D eigenvalue weighted by Gasteiger charge is -2.44. The molecule has 40 heavy (non-hydrogen) atoms. The molecule has 0 amide bonds. The van der Waals surface area contributed by atoms with Crippen LogP contribution in [0.2, 0.25) is 0 Å². The summed E-state index contributed by atoms with van der Waals surface area (Å²) in [6.07, 6.45) is 2.23. The Hall–Kier alpha value is -2.68. The van der Waals surface area contributed by atoms with Gasteiger partial charge in [0, 0.05) is 25.7 Å². The fourth-order valence-electron chi connectivity index (χ4n) is 3.99. The number of carbonyl (C=O) groups is 4. The van der Waals surface area contributed by atoms with Gasteiger partial charge in [0.05, 0.1) is 20.7 Å². The second-order valence-electron chi connectivity index (χ2n) is 10.5. The van der Waals surface area contributed by atoms with Crippen molar-refractivity contribution < 1.29 is 52.1 Å². The molecule has 0 aliphatic carbocycles. The summed E-state index contributed by atoms with van der Waals surface area (Å²) in [5.74, 6) is 0.517. The highest BCUT2D eigenvalue weighted by Crippen LogP contribution is 2.31. The average Bonchev–Trinajstić information content (AvgIpc) is 2.86. The number of hydrogen-bond donors (Lipinski definition) is 0. The molecular weight excluding hydrogens is 522 g/mol. The van der Waals surface area contributed by atoms with Crippen LogP contribution < -0.4 is 0 Å². The van der Waals surface area contributed by atoms with Crippen molar-refractivity contribution in [1.29, 1.82) is 0 Å². The van der Waals surface area contributed by atoms with E-state index in [1.807, 2.05) is 41.8 Å². The van der Waals surface area contributed by atoms with Crippen LogP contribution >= 0.6 is 0 Å². The van der Waals surface area contributed by atoms with E-state index in [1.165, 1.54) is 0 Å². The molecule has 11 nitrogen and oxygen atoms in total. The molecule has 0 spiro atoms. The first-order valence-corrected chi connectivity index (χ1v) is 14.3. The van der Waals surface area contributed by atoms with Crippen molar-refractivity contribution in [1.82, 2.24) is 0 Å². The van der Waals surface area contributed by atoms with Crippen LogP contribution in [-0.2, 0) is 47.6 Å². The summed E-state index contributed by atoms with van der Waals surface area (Å²) in [4.78, 5) is 50.2. The molecule has 1 aliphatic rings. The predicted molar refractivity (Wildman–Crippen MR) is 146 cm³/mol. The zero-order chi connectivity index (χ0) is 30.1. The van der Waals surface area contributed by atoms with E-state index in [-0.39, 0.29) is 38.9 Å². The maximum absolute atomic E-state index is 12.7. The molecule has 228 valence electrons. The Morgan fingerprint density at radius 1 is 0.750 bits per heavy atom. The van der Waals surface area contributed by atoms with Crippen LogP contribution in [0.3, 0.4) is 0 Å². The van der Waals surface area contributed by atoms with Gasteiger partial charge in [-0.25, -0.2) is 0 Å². The van der Waals surface area contributed by atoms with Crippen LogP contribution in [0.25, 0.3) is 0 Å². The van der Waals surface area contributed by atoms with Gasteiger partial charge in [0.1, 0.15) is 25.8 Å². The second-order valence-corrected chi connectivity index (χ2v) is 10.5. The van der Waals surface area contributed by atoms with Crippen LogP contribution in [0, 0.1) is 12.3 Å². The van der Waals surface area contributed by atoms with E-state index in [2.05, 4.69) is 5.92 Å². The molecule has 5 atom stereocenters. The van der Waals surface area contributed by atoms with Gasteiger partial charge in [-0.05, 0) is 31.6 Å². The smallest absolute Gasteiger partial charge is 0.306 e. The minimum Gasteiger partial charge on any atom is -0.463 e. The highest BCUT2D eigenvalue weighted by Gasteiger charge is 2.53. The Labute approximate surface area is 238 Å². The van der Waals surface area contributed by atoms with E-state index in [0.717, 1.165) is 0 Å². The van der Waals surface area contributed by atoms with E-state index in [9.17, 15) is 19.2 Å². The first-order valence-electron chi connectivity index (χ1n) is 14.3. The van der Waals surface area contributed by atoms with E-state index in [1.54, 1.807) is 0 Å². The van der Waals surface area contributed by atoms with Gasteiger partial charge < -0.3 is 32.9 Å². The largest absolute Gasteiger partial charge is 0.463 e. The highest BCUT2D eigenvalue weighted by molar-refractivity contribution is 5.72. The van der Waals surface area contributed by atoms with Crippen molar-refractivity contribution in [2.75, 3.05) is 40.4 Å². The Bertz CT molecular complexity index is 852. The van der Waals surface area contributed by atoms with E-state index in [0.29, 0.717) is 43.3 Å². The summed E-state index contributed by atoms with van der Waals surface area (Å²) >= 11 is 0. The monoisotopic (exact) mass is 570 g/mol. The van der Waals surface area contributed by atoms with Gasteiger partial charge >= 0.3 is 23.9 Å². The quantitative estimate of drug-likeness (QED) is 0.105. The van der Waals surface area contributed by atoms with Gasteiger partial charge in [-0.1, -0.05) is 27.7 Å². The topological polar surface area (TPSA) is 124 Å². The van der Waals surface area contributed by atoms with Crippen molar-refractivity contribution >= 4 is 23.9 Å². The molecule has 1 rings (SSSR count). The summed E-state index contributed by atoms with van der Waals surface area (Å²) in [6, 6.07) is 0. The molecule has 0 aromatic rings. The van der Waals surface area contributed by atoms with Crippen LogP contribution in [0.5, 0.6) is 0 Å². The van der Waals surface area contributed by atoms with E-state index < -0.39 is 54.6 Å². The first kappa shape index (κ1) is 35.3. The standard InChI is InChI=1S/C29H48NO10/c1-8-13-22(31)36-20-21-26(38-23(32)14-9-2)27(39-24(33)15-10-3)28(40-25(34)16-11-4)29(37-21)35-19-18-30(6,7)17-12-5/h5,21,26-29H,8-11,13-20H2,1-4,6-7H3/q+1/t21-,26-,27+,28-,29-/m1/s1. The summed E-state index contributed by atoms with van der Waals surface area (Å²) in [7, 11) is 3.89. The van der Waals surface area contributed by atoms with E-state index >= 15 is 0 Å². The first-order chi connectivity index (χ1) is 19.0. The molecule has 0 saturated carbocycles. The van der Waals surface area contributed by atoms with Gasteiger partial charge in [-0.15, -0.1) is 6.42 Å². The number of carbonyl (C=O) groups excluding carboxylic acids is 4. The minimum atomic E-state index is -1.25. The van der Waals surface area contributed by atoms with Gasteiger partial charge in [0.2, 0.25) is 0 Å². The molecule has 1 fully saturated rings. The third-order valence-electron chi connectivity index (χ3n) is 6.12. The Morgan fingerprint density at radius 3 is 1.73 bits per heavy atom. The highest BCUT2D eigenvalue weighted by atomic mass is 16.7. The van der Waals surface area contributed by atoms with E-state index in [4.69, 9.17) is 34.8 Å². The SMILES string of the molecule is C#CC[N+](C)(C)CCO[C@@H]1O[C@H](COC(=O)CCC)[C@@H](OC(=O)CCC)[C@H](OC(=O)CCC)[C@H]1OC(=O)CCC. The molecule has 11 heteroatoms. The number of esters is 4. The number of hydrogen-bond acceptors (Lipinski definition) is 10.